The van der Waals surface area contributed by atoms with E-state index in [-0.39, 0.29) is 0 Å². The van der Waals surface area contributed by atoms with E-state index in [4.69, 9.17) is 14.9 Å². The zero-order chi connectivity index (χ0) is 17.4. The predicted molar refractivity (Wildman–Crippen MR) is 95.5 cm³/mol. The van der Waals surface area contributed by atoms with Gasteiger partial charge in [0.15, 0.2) is 23.1 Å². The normalized spacial score (nSPS) is 19.6. The molecule has 0 amide bonds. The Bertz CT molecular complexity index is 947. The maximum Gasteiger partial charge on any atom is 0.199 e. The van der Waals surface area contributed by atoms with Crippen molar-refractivity contribution in [3.8, 4) is 17.2 Å². The van der Waals surface area contributed by atoms with Crippen LogP contribution in [-0.4, -0.2) is 25.5 Å². The monoisotopic (exact) mass is 333 g/mol. The van der Waals surface area contributed by atoms with Crippen LogP contribution in [0.3, 0.4) is 0 Å². The molecule has 1 aliphatic rings. The molecule has 1 atom stereocenters. The molecule has 6 heteroatoms. The minimum Gasteiger partial charge on any atom is -0.381 e. The van der Waals surface area contributed by atoms with Gasteiger partial charge in [-0.25, -0.2) is 9.97 Å². The number of aryl methyl sites for hydroxylation is 1. The highest BCUT2D eigenvalue weighted by Crippen LogP contribution is 2.35. The van der Waals surface area contributed by atoms with E-state index in [0.29, 0.717) is 18.1 Å². The van der Waals surface area contributed by atoms with Crippen molar-refractivity contribution in [2.24, 2.45) is 5.16 Å². The van der Waals surface area contributed by atoms with E-state index in [0.717, 1.165) is 22.7 Å². The molecule has 0 spiro atoms. The van der Waals surface area contributed by atoms with Crippen molar-refractivity contribution >= 4 is 5.71 Å². The smallest absolute Gasteiger partial charge is 0.199 e. The second-order valence-electron chi connectivity index (χ2n) is 6.51. The van der Waals surface area contributed by atoms with Gasteiger partial charge >= 0.3 is 0 Å². The van der Waals surface area contributed by atoms with Crippen molar-refractivity contribution in [2.45, 2.75) is 32.8 Å². The maximum absolute atomic E-state index is 5.73. The average Bonchev–Trinajstić information content (AvgIpc) is 3.21. The summed E-state index contributed by atoms with van der Waals surface area (Å²) in [6, 6.07) is 13.8. The quantitative estimate of drug-likeness (QED) is 0.734. The Morgan fingerprint density at radius 3 is 2.56 bits per heavy atom. The van der Waals surface area contributed by atoms with Crippen LogP contribution in [0, 0.1) is 6.92 Å². The number of nitrogens with zero attached hydrogens (tertiary/aromatic N) is 5. The van der Waals surface area contributed by atoms with E-state index in [1.165, 1.54) is 0 Å². The van der Waals surface area contributed by atoms with Gasteiger partial charge in [0, 0.05) is 18.2 Å². The number of hydrogen-bond acceptors (Lipinski definition) is 5. The van der Waals surface area contributed by atoms with E-state index in [2.05, 4.69) is 10.1 Å². The van der Waals surface area contributed by atoms with Crippen molar-refractivity contribution in [3.63, 3.8) is 0 Å². The molecule has 1 aromatic carbocycles. The molecule has 6 nitrogen and oxygen atoms in total. The lowest BCUT2D eigenvalue weighted by molar-refractivity contribution is -0.0160. The van der Waals surface area contributed by atoms with Gasteiger partial charge in [-0.1, -0.05) is 41.6 Å². The van der Waals surface area contributed by atoms with Crippen molar-refractivity contribution in [1.29, 1.82) is 0 Å². The second kappa shape index (κ2) is 5.81. The number of pyridine rings is 1. The van der Waals surface area contributed by atoms with Crippen LogP contribution >= 0.6 is 0 Å². The summed E-state index contributed by atoms with van der Waals surface area (Å²) in [5.74, 6) is 2.10. The topological polar surface area (TPSA) is 65.2 Å². The fourth-order valence-corrected chi connectivity index (χ4v) is 3.06. The molecule has 0 N–H and O–H groups in total. The van der Waals surface area contributed by atoms with Crippen molar-refractivity contribution in [3.05, 3.63) is 60.0 Å². The third kappa shape index (κ3) is 2.69. The molecule has 0 fully saturated rings. The van der Waals surface area contributed by atoms with E-state index < -0.39 is 5.60 Å². The minimum absolute atomic E-state index is 0.648. The van der Waals surface area contributed by atoms with Gasteiger partial charge in [0.25, 0.3) is 0 Å². The maximum atomic E-state index is 5.73. The van der Waals surface area contributed by atoms with Gasteiger partial charge in [-0.3, -0.25) is 0 Å². The zero-order valence-electron chi connectivity index (χ0n) is 14.5. The van der Waals surface area contributed by atoms with Crippen LogP contribution in [0.5, 0.6) is 0 Å². The number of benzene rings is 1. The first-order chi connectivity index (χ1) is 12.1. The molecular weight excluding hydrogens is 314 g/mol. The van der Waals surface area contributed by atoms with E-state index in [1.54, 1.807) is 10.9 Å². The molecule has 0 radical (unpaired) electrons. The third-order valence-electron chi connectivity index (χ3n) is 4.29. The van der Waals surface area contributed by atoms with Crippen molar-refractivity contribution < 1.29 is 4.84 Å². The van der Waals surface area contributed by atoms with Crippen molar-refractivity contribution in [2.75, 3.05) is 0 Å². The van der Waals surface area contributed by atoms with Crippen molar-refractivity contribution in [1.82, 2.24) is 19.7 Å². The number of aromatic nitrogens is 4. The van der Waals surface area contributed by atoms with Gasteiger partial charge < -0.3 is 4.84 Å². The first kappa shape index (κ1) is 15.5. The zero-order valence-corrected chi connectivity index (χ0v) is 14.5. The Morgan fingerprint density at radius 1 is 1.08 bits per heavy atom. The lowest BCUT2D eigenvalue weighted by atomic mass is 9.99. The molecule has 3 aromatic rings. The molecule has 4 rings (SSSR count). The van der Waals surface area contributed by atoms with Crippen LogP contribution in [0.1, 0.15) is 31.7 Å². The van der Waals surface area contributed by atoms with Gasteiger partial charge in [-0.15, -0.1) is 5.10 Å². The lowest BCUT2D eigenvalue weighted by Crippen LogP contribution is -2.27. The minimum atomic E-state index is -0.659. The Morgan fingerprint density at radius 2 is 1.88 bits per heavy atom. The molecule has 1 aliphatic heterocycles. The van der Waals surface area contributed by atoms with Gasteiger partial charge in [0.1, 0.15) is 0 Å². The summed E-state index contributed by atoms with van der Waals surface area (Å²) in [5, 5.41) is 8.86. The Labute approximate surface area is 146 Å². The molecule has 0 aliphatic carbocycles. The molecule has 126 valence electrons. The van der Waals surface area contributed by atoms with Gasteiger partial charge in [0.2, 0.25) is 0 Å². The fraction of sp³-hybridized carbons (Fsp3) is 0.263. The van der Waals surface area contributed by atoms with E-state index in [9.17, 15) is 0 Å². The molecule has 0 bridgehead atoms. The third-order valence-corrected chi connectivity index (χ3v) is 4.29. The number of hydrogen-bond donors (Lipinski definition) is 0. The van der Waals surface area contributed by atoms with Gasteiger partial charge in [-0.05, 0) is 32.4 Å². The molecule has 1 unspecified atom stereocenters. The summed E-state index contributed by atoms with van der Waals surface area (Å²) in [4.78, 5) is 15.0. The van der Waals surface area contributed by atoms with Crippen LogP contribution in [0.15, 0.2) is 53.8 Å². The Hall–Kier alpha value is -3.02. The Kier molecular flexibility index (Phi) is 3.60. The van der Waals surface area contributed by atoms with Crippen LogP contribution in [0.2, 0.25) is 0 Å². The summed E-state index contributed by atoms with van der Waals surface area (Å²) in [7, 11) is 0. The highest BCUT2D eigenvalue weighted by molar-refractivity contribution is 5.83. The number of rotatable bonds is 3. The van der Waals surface area contributed by atoms with E-state index in [1.807, 2.05) is 63.2 Å². The Balaban J connectivity index is 1.90. The number of oxime groups is 1. The lowest BCUT2D eigenvalue weighted by Gasteiger charge is -2.21. The SMILES string of the molecule is CC1=NOC(C)(c2nc(-c3ccccc3)nn2-c2ncccc2C)C1. The van der Waals surface area contributed by atoms with Crippen LogP contribution < -0.4 is 0 Å². The molecule has 0 saturated heterocycles. The molecule has 2 aromatic heterocycles. The summed E-state index contributed by atoms with van der Waals surface area (Å²) in [5.41, 5.74) is 2.26. The van der Waals surface area contributed by atoms with Crippen LogP contribution in [0.4, 0.5) is 0 Å². The van der Waals surface area contributed by atoms with Crippen LogP contribution in [0.25, 0.3) is 17.2 Å². The fourth-order valence-electron chi connectivity index (χ4n) is 3.06. The van der Waals surface area contributed by atoms with E-state index >= 15 is 0 Å². The summed E-state index contributed by atoms with van der Waals surface area (Å²) >= 11 is 0. The van der Waals surface area contributed by atoms with Gasteiger partial charge in [0.05, 0.1) is 5.71 Å². The molecule has 25 heavy (non-hydrogen) atoms. The molecule has 3 heterocycles. The largest absolute Gasteiger partial charge is 0.381 e. The summed E-state index contributed by atoms with van der Waals surface area (Å²) < 4.78 is 1.78. The average molecular weight is 333 g/mol. The molecular formula is C19H19N5O. The van der Waals surface area contributed by atoms with Gasteiger partial charge in [-0.2, -0.15) is 4.68 Å². The molecule has 0 saturated carbocycles. The van der Waals surface area contributed by atoms with Crippen LogP contribution in [-0.2, 0) is 10.4 Å². The highest BCUT2D eigenvalue weighted by Gasteiger charge is 2.40. The first-order valence-electron chi connectivity index (χ1n) is 8.23. The first-order valence-corrected chi connectivity index (χ1v) is 8.23. The highest BCUT2D eigenvalue weighted by atomic mass is 16.7. The standard InChI is InChI=1S/C19H19N5O/c1-13-8-7-11-20-17(13)24-18(19(3)12-14(2)23-25-19)21-16(22-24)15-9-5-4-6-10-15/h4-11H,12H2,1-3H3. The summed E-state index contributed by atoms with van der Waals surface area (Å²) in [6.07, 6.45) is 2.43. The summed E-state index contributed by atoms with van der Waals surface area (Å²) in [6.45, 7) is 5.95. The predicted octanol–water partition coefficient (Wildman–Crippen LogP) is 3.65. The second-order valence-corrected chi connectivity index (χ2v) is 6.51.